The van der Waals surface area contributed by atoms with Crippen LogP contribution in [0.1, 0.15) is 19.3 Å². The predicted molar refractivity (Wildman–Crippen MR) is 93.0 cm³/mol. The van der Waals surface area contributed by atoms with Crippen LogP contribution in [0.5, 0.6) is 5.75 Å². The molecule has 25 heavy (non-hydrogen) atoms. The van der Waals surface area contributed by atoms with Crippen molar-refractivity contribution in [1.29, 1.82) is 0 Å². The number of benzene rings is 1. The van der Waals surface area contributed by atoms with Gasteiger partial charge in [-0.05, 0) is 37.1 Å². The van der Waals surface area contributed by atoms with Crippen LogP contribution in [0, 0.1) is 5.92 Å². The first-order valence-electron chi connectivity index (χ1n) is 8.33. The lowest BCUT2D eigenvalue weighted by Crippen LogP contribution is -2.45. The third kappa shape index (κ3) is 3.78. The molecule has 0 saturated carbocycles. The maximum absolute atomic E-state index is 12.7. The first-order valence-corrected chi connectivity index (χ1v) is 10.2. The summed E-state index contributed by atoms with van der Waals surface area (Å²) in [6.07, 6.45) is 1.05. The number of hydrogen-bond donors (Lipinski definition) is 1. The van der Waals surface area contributed by atoms with E-state index >= 15 is 0 Å². The second-order valence-corrected chi connectivity index (χ2v) is 9.06. The zero-order valence-electron chi connectivity index (χ0n) is 14.1. The van der Waals surface area contributed by atoms with Gasteiger partial charge in [0.25, 0.3) is 0 Å². The number of nitrogens with zero attached hydrogens (tertiary/aromatic N) is 2. The number of phenolic OH excluding ortho intramolecular Hbond substituents is 1. The van der Waals surface area contributed by atoms with Crippen LogP contribution < -0.4 is 4.90 Å². The lowest BCUT2D eigenvalue weighted by molar-refractivity contribution is -0.136. The summed E-state index contributed by atoms with van der Waals surface area (Å²) in [5, 5.41) is 9.35. The Kier molecular flexibility index (Phi) is 4.73. The molecular weight excluding hydrogens is 344 g/mol. The summed E-state index contributed by atoms with van der Waals surface area (Å²) in [6.45, 7) is 0.303. The Morgan fingerprint density at radius 3 is 2.40 bits per heavy atom. The van der Waals surface area contributed by atoms with E-state index in [1.807, 2.05) is 0 Å². The van der Waals surface area contributed by atoms with Gasteiger partial charge in [0.2, 0.25) is 11.8 Å². The maximum Gasteiger partial charge on any atom is 0.228 e. The summed E-state index contributed by atoms with van der Waals surface area (Å²) >= 11 is 0. The van der Waals surface area contributed by atoms with Crippen LogP contribution in [-0.2, 0) is 19.4 Å². The van der Waals surface area contributed by atoms with Gasteiger partial charge in [0.05, 0.1) is 17.4 Å². The Bertz CT molecular complexity index is 761. The number of aromatic hydroxyl groups is 1. The highest BCUT2D eigenvalue weighted by molar-refractivity contribution is 7.91. The van der Waals surface area contributed by atoms with E-state index in [2.05, 4.69) is 0 Å². The summed E-state index contributed by atoms with van der Waals surface area (Å²) in [4.78, 5) is 28.2. The van der Waals surface area contributed by atoms with Crippen molar-refractivity contribution >= 4 is 27.3 Å². The summed E-state index contributed by atoms with van der Waals surface area (Å²) in [6, 6.07) is 6.22. The van der Waals surface area contributed by atoms with E-state index in [-0.39, 0.29) is 41.5 Å². The average Bonchev–Trinajstić information content (AvgIpc) is 2.96. The largest absolute Gasteiger partial charge is 0.508 e. The number of hydrogen-bond acceptors (Lipinski definition) is 5. The van der Waals surface area contributed by atoms with E-state index < -0.39 is 15.8 Å². The van der Waals surface area contributed by atoms with Crippen LogP contribution in [0.25, 0.3) is 0 Å². The standard InChI is InChI=1S/C17H22N2O5S/c1-18(13-6-8-25(23,24)9-7-13)17(22)12-10-16(21)19(11-12)14-2-4-15(20)5-3-14/h2-5,12-13,20H,6-11H2,1H3/t12-/m0/s1. The lowest BCUT2D eigenvalue weighted by atomic mass is 10.0. The molecule has 1 atom stereocenters. The van der Waals surface area contributed by atoms with Gasteiger partial charge >= 0.3 is 0 Å². The highest BCUT2D eigenvalue weighted by Crippen LogP contribution is 2.28. The molecule has 1 aromatic rings. The van der Waals surface area contributed by atoms with Crippen LogP contribution in [0.4, 0.5) is 5.69 Å². The SMILES string of the molecule is CN(C(=O)[C@H]1CC(=O)N(c2ccc(O)cc2)C1)C1CCS(=O)(=O)CC1. The number of rotatable bonds is 3. The zero-order valence-corrected chi connectivity index (χ0v) is 14.9. The quantitative estimate of drug-likeness (QED) is 0.853. The second kappa shape index (κ2) is 6.67. The molecule has 136 valence electrons. The fourth-order valence-electron chi connectivity index (χ4n) is 3.49. The molecule has 2 fully saturated rings. The summed E-state index contributed by atoms with van der Waals surface area (Å²) in [5.41, 5.74) is 0.657. The number of amides is 2. The van der Waals surface area contributed by atoms with Gasteiger partial charge in [-0.1, -0.05) is 0 Å². The van der Waals surface area contributed by atoms with Crippen LogP contribution in [0.3, 0.4) is 0 Å². The molecule has 1 aromatic carbocycles. The van der Waals surface area contributed by atoms with Crippen LogP contribution in [-0.4, -0.2) is 61.4 Å². The molecule has 0 spiro atoms. The molecule has 0 aliphatic carbocycles. The molecule has 0 bridgehead atoms. The van der Waals surface area contributed by atoms with Crippen LogP contribution in [0.2, 0.25) is 0 Å². The molecule has 2 aliphatic heterocycles. The Morgan fingerprint density at radius 1 is 1.20 bits per heavy atom. The van der Waals surface area contributed by atoms with E-state index in [1.54, 1.807) is 29.0 Å². The number of sulfone groups is 1. The van der Waals surface area contributed by atoms with Crippen molar-refractivity contribution in [3.63, 3.8) is 0 Å². The molecule has 0 aromatic heterocycles. The molecule has 2 heterocycles. The summed E-state index contributed by atoms with van der Waals surface area (Å²) in [5.74, 6) is -0.320. The third-order valence-electron chi connectivity index (χ3n) is 5.06. The lowest BCUT2D eigenvalue weighted by Gasteiger charge is -2.32. The molecule has 3 rings (SSSR count). The monoisotopic (exact) mass is 366 g/mol. The molecule has 0 unspecified atom stereocenters. The van der Waals surface area contributed by atoms with Crippen LogP contribution >= 0.6 is 0 Å². The third-order valence-corrected chi connectivity index (χ3v) is 6.77. The fraction of sp³-hybridized carbons (Fsp3) is 0.529. The van der Waals surface area contributed by atoms with Gasteiger partial charge in [0.1, 0.15) is 15.6 Å². The van der Waals surface area contributed by atoms with Crippen molar-refractivity contribution in [2.24, 2.45) is 5.92 Å². The molecular formula is C17H22N2O5S. The van der Waals surface area contributed by atoms with E-state index in [1.165, 1.54) is 12.1 Å². The minimum absolute atomic E-state index is 0.0890. The number of anilines is 1. The second-order valence-electron chi connectivity index (χ2n) is 6.75. The molecule has 7 nitrogen and oxygen atoms in total. The highest BCUT2D eigenvalue weighted by atomic mass is 32.2. The Hall–Kier alpha value is -2.09. The summed E-state index contributed by atoms with van der Waals surface area (Å²) in [7, 11) is -1.28. The smallest absolute Gasteiger partial charge is 0.228 e. The number of carbonyl (C=O) groups excluding carboxylic acids is 2. The predicted octanol–water partition coefficient (Wildman–Crippen LogP) is 0.781. The molecule has 8 heteroatoms. The van der Waals surface area contributed by atoms with Crippen LogP contribution in [0.15, 0.2) is 24.3 Å². The normalized spacial score (nSPS) is 23.6. The number of carbonyl (C=O) groups is 2. The van der Waals surface area contributed by atoms with Gasteiger partial charge < -0.3 is 14.9 Å². The van der Waals surface area contributed by atoms with Gasteiger partial charge in [-0.25, -0.2) is 8.42 Å². The molecule has 1 N–H and O–H groups in total. The molecule has 2 saturated heterocycles. The van der Waals surface area contributed by atoms with Gasteiger partial charge in [-0.3, -0.25) is 9.59 Å². The molecule has 2 amide bonds. The van der Waals surface area contributed by atoms with Gasteiger partial charge in [0, 0.05) is 31.7 Å². The van der Waals surface area contributed by atoms with Crippen molar-refractivity contribution in [3.8, 4) is 5.75 Å². The van der Waals surface area contributed by atoms with Gasteiger partial charge in [-0.15, -0.1) is 0 Å². The topological polar surface area (TPSA) is 95.0 Å². The van der Waals surface area contributed by atoms with Crippen molar-refractivity contribution in [1.82, 2.24) is 4.90 Å². The number of phenols is 1. The highest BCUT2D eigenvalue weighted by Gasteiger charge is 2.38. The van der Waals surface area contributed by atoms with Gasteiger partial charge in [0.15, 0.2) is 0 Å². The van der Waals surface area contributed by atoms with E-state index in [4.69, 9.17) is 0 Å². The Balaban J connectivity index is 1.65. The van der Waals surface area contributed by atoms with Crippen molar-refractivity contribution < 1.29 is 23.1 Å². The molecule has 2 aliphatic rings. The average molecular weight is 366 g/mol. The Labute approximate surface area is 147 Å². The minimum Gasteiger partial charge on any atom is -0.508 e. The van der Waals surface area contributed by atoms with Gasteiger partial charge in [-0.2, -0.15) is 0 Å². The Morgan fingerprint density at radius 2 is 1.80 bits per heavy atom. The fourth-order valence-corrected chi connectivity index (χ4v) is 4.95. The van der Waals surface area contributed by atoms with E-state index in [0.717, 1.165) is 0 Å². The zero-order chi connectivity index (χ0) is 18.2. The summed E-state index contributed by atoms with van der Waals surface area (Å²) < 4.78 is 23.1. The van der Waals surface area contributed by atoms with Crippen molar-refractivity contribution in [2.45, 2.75) is 25.3 Å². The van der Waals surface area contributed by atoms with Crippen molar-refractivity contribution in [3.05, 3.63) is 24.3 Å². The minimum atomic E-state index is -2.97. The first kappa shape index (κ1) is 17.7. The maximum atomic E-state index is 12.7. The molecule has 0 radical (unpaired) electrons. The van der Waals surface area contributed by atoms with Crippen molar-refractivity contribution in [2.75, 3.05) is 30.0 Å². The van der Waals surface area contributed by atoms with E-state index in [0.29, 0.717) is 25.1 Å². The van der Waals surface area contributed by atoms with E-state index in [9.17, 15) is 23.1 Å². The first-order chi connectivity index (χ1) is 11.8.